The van der Waals surface area contributed by atoms with Crippen LogP contribution in [0.4, 0.5) is 5.69 Å². The molecule has 0 radical (unpaired) electrons. The Morgan fingerprint density at radius 1 is 1.19 bits per heavy atom. The van der Waals surface area contributed by atoms with Crippen LogP contribution in [0, 0.1) is 13.8 Å². The van der Waals surface area contributed by atoms with Crippen molar-refractivity contribution in [2.45, 2.75) is 44.7 Å². The van der Waals surface area contributed by atoms with Gasteiger partial charge in [0.05, 0.1) is 6.42 Å². The molecule has 0 saturated carbocycles. The van der Waals surface area contributed by atoms with Crippen LogP contribution in [0.5, 0.6) is 5.75 Å². The van der Waals surface area contributed by atoms with Crippen molar-refractivity contribution < 1.29 is 14.3 Å². The predicted octanol–water partition coefficient (Wildman–Crippen LogP) is 3.48. The number of aryl methyl sites for hydroxylation is 2. The van der Waals surface area contributed by atoms with Gasteiger partial charge in [-0.3, -0.25) is 9.59 Å². The molecule has 0 bridgehead atoms. The zero-order chi connectivity index (χ0) is 19.4. The molecule has 2 heterocycles. The quantitative estimate of drug-likeness (QED) is 0.328. The molecular formula is C20H23N3O3S. The molecule has 1 fully saturated rings. The zero-order valence-corrected chi connectivity index (χ0v) is 16.6. The van der Waals surface area contributed by atoms with Crippen molar-refractivity contribution in [3.8, 4) is 5.75 Å². The Kier molecular flexibility index (Phi) is 6.11. The SMILES string of the molecule is CSc1nc(C)c(CCC(=O)Oc2ccc(N3CCCC3=O)cc2)c(C)n1. The van der Waals surface area contributed by atoms with Crippen LogP contribution >= 0.6 is 11.8 Å². The lowest BCUT2D eigenvalue weighted by molar-refractivity contribution is -0.134. The average molecular weight is 385 g/mol. The number of carbonyl (C=O) groups is 2. The van der Waals surface area contributed by atoms with Crippen LogP contribution in [0.25, 0.3) is 0 Å². The lowest BCUT2D eigenvalue weighted by Gasteiger charge is -2.15. The number of ether oxygens (including phenoxy) is 1. The third kappa shape index (κ3) is 4.66. The molecule has 7 heteroatoms. The molecule has 2 aromatic rings. The smallest absolute Gasteiger partial charge is 0.311 e. The summed E-state index contributed by atoms with van der Waals surface area (Å²) in [5.41, 5.74) is 3.64. The fourth-order valence-electron chi connectivity index (χ4n) is 3.19. The minimum atomic E-state index is -0.298. The van der Waals surface area contributed by atoms with Crippen LogP contribution in [0.2, 0.25) is 0 Å². The maximum atomic E-state index is 12.2. The number of benzene rings is 1. The molecule has 142 valence electrons. The van der Waals surface area contributed by atoms with Gasteiger partial charge in [-0.05, 0) is 62.8 Å². The molecule has 3 rings (SSSR count). The lowest BCUT2D eigenvalue weighted by Crippen LogP contribution is -2.23. The van der Waals surface area contributed by atoms with Crippen LogP contribution in [-0.2, 0) is 16.0 Å². The second-order valence-corrected chi connectivity index (χ2v) is 7.25. The molecule has 0 unspecified atom stereocenters. The number of esters is 1. The standard InChI is InChI=1S/C20H23N3O3S/c1-13-17(14(2)22-20(21-13)27-3)10-11-19(25)26-16-8-6-15(7-9-16)23-12-4-5-18(23)24/h6-9H,4-5,10-12H2,1-3H3. The molecule has 27 heavy (non-hydrogen) atoms. The van der Waals surface area contributed by atoms with Gasteiger partial charge in [-0.1, -0.05) is 11.8 Å². The molecule has 1 aromatic heterocycles. The molecule has 1 aliphatic heterocycles. The molecule has 1 saturated heterocycles. The summed E-state index contributed by atoms with van der Waals surface area (Å²) in [6, 6.07) is 7.08. The van der Waals surface area contributed by atoms with E-state index in [-0.39, 0.29) is 18.3 Å². The van der Waals surface area contributed by atoms with Gasteiger partial charge >= 0.3 is 5.97 Å². The Bertz CT molecular complexity index is 829. The van der Waals surface area contributed by atoms with E-state index in [1.165, 1.54) is 11.8 Å². The first-order valence-corrected chi connectivity index (χ1v) is 10.2. The lowest BCUT2D eigenvalue weighted by atomic mass is 10.1. The first-order chi connectivity index (χ1) is 13.0. The van der Waals surface area contributed by atoms with Crippen molar-refractivity contribution in [2.75, 3.05) is 17.7 Å². The molecule has 1 aliphatic rings. The van der Waals surface area contributed by atoms with E-state index in [0.717, 1.165) is 40.8 Å². The van der Waals surface area contributed by atoms with Gasteiger partial charge in [0, 0.05) is 30.0 Å². The largest absolute Gasteiger partial charge is 0.427 e. The van der Waals surface area contributed by atoms with Crippen molar-refractivity contribution in [1.82, 2.24) is 9.97 Å². The maximum absolute atomic E-state index is 12.2. The number of rotatable bonds is 6. The van der Waals surface area contributed by atoms with E-state index >= 15 is 0 Å². The first kappa shape index (κ1) is 19.4. The third-order valence-electron chi connectivity index (χ3n) is 4.62. The summed E-state index contributed by atoms with van der Waals surface area (Å²) in [5.74, 6) is 0.325. The highest BCUT2D eigenvalue weighted by molar-refractivity contribution is 7.98. The topological polar surface area (TPSA) is 72.4 Å². The van der Waals surface area contributed by atoms with Crippen molar-refractivity contribution in [1.29, 1.82) is 0 Å². The summed E-state index contributed by atoms with van der Waals surface area (Å²) in [4.78, 5) is 34.6. The molecular weight excluding hydrogens is 362 g/mol. The second kappa shape index (κ2) is 8.52. The molecule has 0 N–H and O–H groups in total. The third-order valence-corrected chi connectivity index (χ3v) is 5.16. The minimum absolute atomic E-state index is 0.139. The number of hydrogen-bond donors (Lipinski definition) is 0. The van der Waals surface area contributed by atoms with Gasteiger partial charge in [0.25, 0.3) is 0 Å². The number of nitrogens with zero attached hydrogens (tertiary/aromatic N) is 3. The van der Waals surface area contributed by atoms with Crippen molar-refractivity contribution in [3.63, 3.8) is 0 Å². The van der Waals surface area contributed by atoms with Crippen LogP contribution in [0.1, 0.15) is 36.2 Å². The average Bonchev–Trinajstić information content (AvgIpc) is 3.07. The van der Waals surface area contributed by atoms with Crippen molar-refractivity contribution >= 4 is 29.3 Å². The second-order valence-electron chi connectivity index (χ2n) is 6.48. The number of amides is 1. The molecule has 1 aromatic carbocycles. The highest BCUT2D eigenvalue weighted by Gasteiger charge is 2.21. The van der Waals surface area contributed by atoms with E-state index < -0.39 is 0 Å². The Morgan fingerprint density at radius 3 is 2.41 bits per heavy atom. The normalized spacial score (nSPS) is 13.9. The Morgan fingerprint density at radius 2 is 1.85 bits per heavy atom. The van der Waals surface area contributed by atoms with Crippen LogP contribution in [0.15, 0.2) is 29.4 Å². The summed E-state index contributed by atoms with van der Waals surface area (Å²) in [5, 5.41) is 0.743. The Hall–Kier alpha value is -2.41. The van der Waals surface area contributed by atoms with Crippen LogP contribution in [0.3, 0.4) is 0 Å². The Labute approximate surface area is 163 Å². The molecule has 1 amide bonds. The predicted molar refractivity (Wildman–Crippen MR) is 105 cm³/mol. The van der Waals surface area contributed by atoms with E-state index in [4.69, 9.17) is 4.74 Å². The van der Waals surface area contributed by atoms with Crippen molar-refractivity contribution in [3.05, 3.63) is 41.2 Å². The number of thioether (sulfide) groups is 1. The van der Waals surface area contributed by atoms with Gasteiger partial charge in [-0.25, -0.2) is 9.97 Å². The van der Waals surface area contributed by atoms with E-state index in [2.05, 4.69) is 9.97 Å². The number of anilines is 1. The van der Waals surface area contributed by atoms with Gasteiger partial charge in [-0.15, -0.1) is 0 Å². The fraction of sp³-hybridized carbons (Fsp3) is 0.400. The van der Waals surface area contributed by atoms with E-state index in [1.54, 1.807) is 17.0 Å². The summed E-state index contributed by atoms with van der Waals surface area (Å²) in [7, 11) is 0. The zero-order valence-electron chi connectivity index (χ0n) is 15.8. The fourth-order valence-corrected chi connectivity index (χ4v) is 3.64. The van der Waals surface area contributed by atoms with Gasteiger partial charge < -0.3 is 9.64 Å². The maximum Gasteiger partial charge on any atom is 0.311 e. The molecule has 0 spiro atoms. The molecule has 0 aliphatic carbocycles. The van der Waals surface area contributed by atoms with E-state index in [9.17, 15) is 9.59 Å². The van der Waals surface area contributed by atoms with E-state index in [0.29, 0.717) is 18.6 Å². The van der Waals surface area contributed by atoms with Gasteiger partial charge in [0.15, 0.2) is 5.16 Å². The number of aromatic nitrogens is 2. The summed E-state index contributed by atoms with van der Waals surface area (Å²) < 4.78 is 5.42. The number of carbonyl (C=O) groups excluding carboxylic acids is 2. The van der Waals surface area contributed by atoms with Gasteiger partial charge in [-0.2, -0.15) is 0 Å². The van der Waals surface area contributed by atoms with E-state index in [1.807, 2.05) is 32.2 Å². The molecule has 0 atom stereocenters. The highest BCUT2D eigenvalue weighted by atomic mass is 32.2. The van der Waals surface area contributed by atoms with Gasteiger partial charge in [0.1, 0.15) is 5.75 Å². The first-order valence-electron chi connectivity index (χ1n) is 8.97. The number of hydrogen-bond acceptors (Lipinski definition) is 6. The minimum Gasteiger partial charge on any atom is -0.427 e. The summed E-state index contributed by atoms with van der Waals surface area (Å²) >= 11 is 1.50. The van der Waals surface area contributed by atoms with Crippen molar-refractivity contribution in [2.24, 2.45) is 0 Å². The summed E-state index contributed by atoms with van der Waals surface area (Å²) in [6.07, 6.45) is 4.23. The van der Waals surface area contributed by atoms with Crippen LogP contribution in [-0.4, -0.2) is 34.6 Å². The van der Waals surface area contributed by atoms with Crippen LogP contribution < -0.4 is 9.64 Å². The Balaban J connectivity index is 1.57. The molecule has 6 nitrogen and oxygen atoms in total. The van der Waals surface area contributed by atoms with Gasteiger partial charge in [0.2, 0.25) is 5.91 Å². The monoisotopic (exact) mass is 385 g/mol. The summed E-state index contributed by atoms with van der Waals surface area (Å²) in [6.45, 7) is 4.62. The highest BCUT2D eigenvalue weighted by Crippen LogP contribution is 2.24.